The van der Waals surface area contributed by atoms with E-state index in [4.69, 9.17) is 0 Å². The molecule has 0 spiro atoms. The molecule has 0 aromatic carbocycles. The normalized spacial score (nSPS) is 11.6. The van der Waals surface area contributed by atoms with E-state index in [-0.39, 0.29) is 5.91 Å². The number of nitrogens with one attached hydrogen (secondary N) is 1. The predicted octanol–water partition coefficient (Wildman–Crippen LogP) is 7.41. The highest BCUT2D eigenvalue weighted by molar-refractivity contribution is 5.75. The van der Waals surface area contributed by atoms with E-state index in [0.29, 0.717) is 6.42 Å². The predicted molar refractivity (Wildman–Crippen MR) is 134 cm³/mol. The minimum atomic E-state index is 0.237. The van der Waals surface area contributed by atoms with Crippen LogP contribution in [0.15, 0.2) is 12.7 Å². The number of allylic oxidation sites excluding steroid dienone is 1. The van der Waals surface area contributed by atoms with Crippen LogP contribution in [0.1, 0.15) is 122 Å². The van der Waals surface area contributed by atoms with Crippen LogP contribution in [-0.2, 0) is 4.79 Å². The molecule has 0 bridgehead atoms. The summed E-state index contributed by atoms with van der Waals surface area (Å²) >= 11 is 0. The van der Waals surface area contributed by atoms with Crippen LogP contribution in [0.4, 0.5) is 0 Å². The van der Waals surface area contributed by atoms with E-state index < -0.39 is 0 Å². The third kappa shape index (κ3) is 21.9. The molecule has 0 atom stereocenters. The lowest BCUT2D eigenvalue weighted by molar-refractivity contribution is -0.889. The molecule has 3 nitrogen and oxygen atoms in total. The molecule has 3 heteroatoms. The molecule has 0 aliphatic rings. The Morgan fingerprint density at radius 2 is 1.23 bits per heavy atom. The molecule has 1 N–H and O–H groups in total. The van der Waals surface area contributed by atoms with Gasteiger partial charge in [0.05, 0.1) is 33.7 Å². The fraction of sp³-hybridized carbons (Fsp3) is 0.889. The quantitative estimate of drug-likeness (QED) is 0.103. The summed E-state index contributed by atoms with van der Waals surface area (Å²) in [5.41, 5.74) is 0. The first kappa shape index (κ1) is 29.2. The lowest BCUT2D eigenvalue weighted by atomic mass is 10.1. The van der Waals surface area contributed by atoms with Crippen LogP contribution in [0.5, 0.6) is 0 Å². The van der Waals surface area contributed by atoms with Crippen molar-refractivity contribution in [2.45, 2.75) is 122 Å². The van der Waals surface area contributed by atoms with Crippen molar-refractivity contribution in [2.24, 2.45) is 0 Å². The van der Waals surface area contributed by atoms with Gasteiger partial charge in [-0.3, -0.25) is 4.79 Å². The summed E-state index contributed by atoms with van der Waals surface area (Å²) < 4.78 is 1.02. The largest absolute Gasteiger partial charge is 0.350 e. The van der Waals surface area contributed by atoms with E-state index in [9.17, 15) is 4.79 Å². The van der Waals surface area contributed by atoms with Crippen molar-refractivity contribution < 1.29 is 9.28 Å². The highest BCUT2D eigenvalue weighted by Gasteiger charge is 2.14. The van der Waals surface area contributed by atoms with Crippen molar-refractivity contribution in [3.63, 3.8) is 0 Å². The lowest BCUT2D eigenvalue weighted by Gasteiger charge is -2.30. The highest BCUT2D eigenvalue weighted by atomic mass is 16.1. The monoisotopic (exact) mass is 423 g/mol. The van der Waals surface area contributed by atoms with E-state index in [1.807, 2.05) is 6.08 Å². The third-order valence-electron chi connectivity index (χ3n) is 6.22. The van der Waals surface area contributed by atoms with E-state index in [1.54, 1.807) is 0 Å². The van der Waals surface area contributed by atoms with Crippen LogP contribution >= 0.6 is 0 Å². The molecule has 0 heterocycles. The second kappa shape index (κ2) is 21.4. The SMILES string of the molecule is C=CCCCCCCCCC(=O)NCC[N+](C)(C)CCCCCCCCCCCC. The average molecular weight is 424 g/mol. The van der Waals surface area contributed by atoms with Gasteiger partial charge in [0.25, 0.3) is 0 Å². The van der Waals surface area contributed by atoms with Crippen molar-refractivity contribution in [3.8, 4) is 0 Å². The Bertz CT molecular complexity index is 392. The van der Waals surface area contributed by atoms with Crippen LogP contribution in [0.2, 0.25) is 0 Å². The van der Waals surface area contributed by atoms with Gasteiger partial charge in [-0.1, -0.05) is 90.0 Å². The van der Waals surface area contributed by atoms with Crippen LogP contribution in [0.25, 0.3) is 0 Å². The summed E-state index contributed by atoms with van der Waals surface area (Å²) in [6, 6.07) is 0. The molecule has 0 unspecified atom stereocenters. The number of carbonyl (C=O) groups is 1. The molecule has 30 heavy (non-hydrogen) atoms. The Kier molecular flexibility index (Phi) is 20.8. The number of unbranched alkanes of at least 4 members (excludes halogenated alkanes) is 15. The Labute approximate surface area is 189 Å². The van der Waals surface area contributed by atoms with Gasteiger partial charge in [-0.15, -0.1) is 6.58 Å². The van der Waals surface area contributed by atoms with Crippen molar-refractivity contribution in [2.75, 3.05) is 33.7 Å². The van der Waals surface area contributed by atoms with Gasteiger partial charge in [0.2, 0.25) is 5.91 Å². The molecule has 0 rings (SSSR count). The number of carbonyl (C=O) groups excluding carboxylic acids is 1. The van der Waals surface area contributed by atoms with E-state index >= 15 is 0 Å². The van der Waals surface area contributed by atoms with Gasteiger partial charge in [-0.2, -0.15) is 0 Å². The van der Waals surface area contributed by atoms with Gasteiger partial charge < -0.3 is 9.80 Å². The zero-order valence-corrected chi connectivity index (χ0v) is 21.0. The topological polar surface area (TPSA) is 29.1 Å². The summed E-state index contributed by atoms with van der Waals surface area (Å²) in [5.74, 6) is 0.237. The molecule has 1 amide bonds. The number of quaternary nitrogens is 1. The first-order chi connectivity index (χ1) is 14.5. The Balaban J connectivity index is 3.48. The maximum atomic E-state index is 12.0. The third-order valence-corrected chi connectivity index (χ3v) is 6.22. The minimum Gasteiger partial charge on any atom is -0.350 e. The van der Waals surface area contributed by atoms with Gasteiger partial charge >= 0.3 is 0 Å². The molecule has 0 aromatic heterocycles. The summed E-state index contributed by atoms with van der Waals surface area (Å²) in [6.45, 7) is 9.11. The van der Waals surface area contributed by atoms with Crippen LogP contribution in [0.3, 0.4) is 0 Å². The molecule has 0 saturated carbocycles. The van der Waals surface area contributed by atoms with Crippen molar-refractivity contribution >= 4 is 5.91 Å². The molecule has 0 aromatic rings. The van der Waals surface area contributed by atoms with Gasteiger partial charge in [-0.25, -0.2) is 0 Å². The van der Waals surface area contributed by atoms with E-state index in [1.165, 1.54) is 103 Å². The van der Waals surface area contributed by atoms with Gasteiger partial charge in [0.15, 0.2) is 0 Å². The molecule has 178 valence electrons. The Morgan fingerprint density at radius 3 is 1.80 bits per heavy atom. The number of hydrogen-bond acceptors (Lipinski definition) is 1. The van der Waals surface area contributed by atoms with Gasteiger partial charge in [0, 0.05) is 6.42 Å². The summed E-state index contributed by atoms with van der Waals surface area (Å²) in [6.07, 6.45) is 25.1. The molecule has 0 radical (unpaired) electrons. The van der Waals surface area contributed by atoms with Crippen LogP contribution in [-0.4, -0.2) is 44.1 Å². The summed E-state index contributed by atoms with van der Waals surface area (Å²) in [7, 11) is 4.60. The van der Waals surface area contributed by atoms with E-state index in [0.717, 1.165) is 30.4 Å². The molecular formula is C27H55N2O+. The van der Waals surface area contributed by atoms with Crippen LogP contribution < -0.4 is 5.32 Å². The smallest absolute Gasteiger partial charge is 0.220 e. The molecule has 0 fully saturated rings. The minimum absolute atomic E-state index is 0.237. The first-order valence-corrected chi connectivity index (χ1v) is 13.2. The van der Waals surface area contributed by atoms with Crippen LogP contribution in [0, 0.1) is 0 Å². The summed E-state index contributed by atoms with van der Waals surface area (Å²) in [4.78, 5) is 12.0. The number of likely N-dealkylation sites (N-methyl/N-ethyl adjacent to an activating group) is 1. The fourth-order valence-electron chi connectivity index (χ4n) is 4.01. The Morgan fingerprint density at radius 1 is 0.733 bits per heavy atom. The second-order valence-corrected chi connectivity index (χ2v) is 9.86. The zero-order chi connectivity index (χ0) is 22.3. The fourth-order valence-corrected chi connectivity index (χ4v) is 4.01. The first-order valence-electron chi connectivity index (χ1n) is 13.2. The molecule has 0 aliphatic carbocycles. The van der Waals surface area contributed by atoms with Crippen molar-refractivity contribution in [1.29, 1.82) is 0 Å². The number of hydrogen-bond donors (Lipinski definition) is 1. The number of nitrogens with zero attached hydrogens (tertiary/aromatic N) is 1. The number of rotatable bonds is 23. The number of amides is 1. The average Bonchev–Trinajstić information content (AvgIpc) is 2.71. The molecule has 0 saturated heterocycles. The standard InChI is InChI=1S/C27H54N2O/c1-5-7-9-11-13-15-16-18-20-22-25-29(3,4)26-24-28-27(30)23-21-19-17-14-12-10-8-6-2/h6H,2,5,7-26H2,1,3-4H3/p+1. The zero-order valence-electron chi connectivity index (χ0n) is 21.0. The van der Waals surface area contributed by atoms with Gasteiger partial charge in [0.1, 0.15) is 0 Å². The Hall–Kier alpha value is -0.830. The molecule has 0 aliphatic heterocycles. The molecular weight excluding hydrogens is 368 g/mol. The maximum Gasteiger partial charge on any atom is 0.220 e. The second-order valence-electron chi connectivity index (χ2n) is 9.86. The summed E-state index contributed by atoms with van der Waals surface area (Å²) in [5, 5.41) is 3.13. The maximum absolute atomic E-state index is 12.0. The van der Waals surface area contributed by atoms with Crippen molar-refractivity contribution in [1.82, 2.24) is 5.32 Å². The van der Waals surface area contributed by atoms with Gasteiger partial charge in [-0.05, 0) is 32.1 Å². The lowest BCUT2D eigenvalue weighted by Crippen LogP contribution is -2.45. The highest BCUT2D eigenvalue weighted by Crippen LogP contribution is 2.12. The van der Waals surface area contributed by atoms with Crippen molar-refractivity contribution in [3.05, 3.63) is 12.7 Å². The van der Waals surface area contributed by atoms with E-state index in [2.05, 4.69) is 32.9 Å².